The van der Waals surface area contributed by atoms with Crippen molar-refractivity contribution >= 4 is 11.8 Å². The van der Waals surface area contributed by atoms with Gasteiger partial charge in [0, 0.05) is 37.7 Å². The lowest BCUT2D eigenvalue weighted by atomic mass is 9.91. The first-order valence-corrected chi connectivity index (χ1v) is 10.1. The molecule has 2 amide bonds. The summed E-state index contributed by atoms with van der Waals surface area (Å²) >= 11 is 0. The summed E-state index contributed by atoms with van der Waals surface area (Å²) in [5.74, 6) is 1.74. The fraction of sp³-hybridized carbons (Fsp3) is 0.750. The van der Waals surface area contributed by atoms with Crippen LogP contribution in [0.2, 0.25) is 0 Å². The number of fused-ring (bicyclic) bond motifs is 2. The average molecular weight is 375 g/mol. The zero-order chi connectivity index (χ0) is 19.0. The van der Waals surface area contributed by atoms with Crippen molar-refractivity contribution in [3.05, 3.63) is 17.0 Å². The molecule has 2 saturated heterocycles. The monoisotopic (exact) mass is 375 g/mol. The number of carbonyl (C=O) groups excluding carboxylic acids is 2. The number of aromatic nitrogens is 1. The summed E-state index contributed by atoms with van der Waals surface area (Å²) in [6, 6.07) is 0.190. The Kier molecular flexibility index (Phi) is 5.21. The molecule has 3 atom stereocenters. The van der Waals surface area contributed by atoms with Crippen molar-refractivity contribution in [1.29, 1.82) is 0 Å². The van der Waals surface area contributed by atoms with E-state index in [1.165, 1.54) is 0 Å². The summed E-state index contributed by atoms with van der Waals surface area (Å²) in [6.07, 6.45) is 4.82. The molecule has 3 unspecified atom stereocenters. The molecular weight excluding hydrogens is 346 g/mol. The van der Waals surface area contributed by atoms with Crippen molar-refractivity contribution in [2.45, 2.75) is 64.5 Å². The van der Waals surface area contributed by atoms with Crippen LogP contribution < -0.4 is 5.32 Å². The van der Waals surface area contributed by atoms with Crippen LogP contribution in [0.5, 0.6) is 0 Å². The van der Waals surface area contributed by atoms with E-state index in [0.29, 0.717) is 31.3 Å². The van der Waals surface area contributed by atoms with E-state index in [-0.39, 0.29) is 24.0 Å². The van der Waals surface area contributed by atoms with E-state index in [2.05, 4.69) is 10.5 Å². The Morgan fingerprint density at radius 3 is 2.52 bits per heavy atom. The number of nitrogens with zero attached hydrogens (tertiary/aromatic N) is 2. The van der Waals surface area contributed by atoms with Gasteiger partial charge in [-0.3, -0.25) is 9.59 Å². The minimum Gasteiger partial charge on any atom is -0.368 e. The van der Waals surface area contributed by atoms with Gasteiger partial charge in [0.05, 0.1) is 5.69 Å². The van der Waals surface area contributed by atoms with Crippen LogP contribution in [0.3, 0.4) is 0 Å². The highest BCUT2D eigenvalue weighted by molar-refractivity contribution is 5.81. The van der Waals surface area contributed by atoms with Gasteiger partial charge in [0.1, 0.15) is 11.9 Å². The molecule has 7 nitrogen and oxygen atoms in total. The summed E-state index contributed by atoms with van der Waals surface area (Å²) in [5.41, 5.74) is 1.89. The molecule has 1 saturated carbocycles. The minimum absolute atomic E-state index is 0.0794. The lowest BCUT2D eigenvalue weighted by molar-refractivity contribution is -0.143. The maximum absolute atomic E-state index is 12.6. The van der Waals surface area contributed by atoms with Crippen LogP contribution in [0, 0.1) is 25.7 Å². The Balaban J connectivity index is 1.30. The second-order valence-corrected chi connectivity index (χ2v) is 8.24. The van der Waals surface area contributed by atoms with E-state index in [9.17, 15) is 9.59 Å². The Hall–Kier alpha value is -1.89. The Morgan fingerprint density at radius 1 is 1.19 bits per heavy atom. The van der Waals surface area contributed by atoms with Crippen molar-refractivity contribution in [1.82, 2.24) is 15.4 Å². The van der Waals surface area contributed by atoms with Gasteiger partial charge in [0.15, 0.2) is 0 Å². The molecule has 2 aliphatic heterocycles. The summed E-state index contributed by atoms with van der Waals surface area (Å²) in [4.78, 5) is 27.1. The number of carbonyl (C=O) groups is 2. The highest BCUT2D eigenvalue weighted by atomic mass is 16.5. The van der Waals surface area contributed by atoms with Crippen LogP contribution in [0.25, 0.3) is 0 Å². The number of aryl methyl sites for hydroxylation is 2. The number of ether oxygens (including phenoxy) is 1. The van der Waals surface area contributed by atoms with E-state index >= 15 is 0 Å². The van der Waals surface area contributed by atoms with Crippen LogP contribution in [0.1, 0.15) is 49.1 Å². The van der Waals surface area contributed by atoms with Gasteiger partial charge in [0.2, 0.25) is 5.91 Å². The molecule has 1 aromatic heterocycles. The van der Waals surface area contributed by atoms with E-state index < -0.39 is 0 Å². The number of nitrogens with one attached hydrogen (secondary N) is 1. The number of hydrogen-bond acceptors (Lipinski definition) is 5. The van der Waals surface area contributed by atoms with Crippen molar-refractivity contribution in [2.75, 3.05) is 19.7 Å². The first kappa shape index (κ1) is 18.5. The van der Waals surface area contributed by atoms with Crippen molar-refractivity contribution < 1.29 is 18.8 Å². The van der Waals surface area contributed by atoms with Gasteiger partial charge in [-0.1, -0.05) is 5.16 Å². The Morgan fingerprint density at radius 2 is 1.93 bits per heavy atom. The van der Waals surface area contributed by atoms with Crippen LogP contribution in [0.15, 0.2) is 4.52 Å². The van der Waals surface area contributed by atoms with Crippen LogP contribution >= 0.6 is 0 Å². The quantitative estimate of drug-likeness (QED) is 0.848. The van der Waals surface area contributed by atoms with Gasteiger partial charge in [-0.05, 0) is 57.8 Å². The van der Waals surface area contributed by atoms with E-state index in [1.807, 2.05) is 18.7 Å². The van der Waals surface area contributed by atoms with Gasteiger partial charge < -0.3 is 19.5 Å². The van der Waals surface area contributed by atoms with Crippen LogP contribution in [-0.2, 0) is 20.7 Å². The number of rotatable bonds is 5. The molecule has 2 bridgehead atoms. The zero-order valence-electron chi connectivity index (χ0n) is 16.2. The predicted molar refractivity (Wildman–Crippen MR) is 98.0 cm³/mol. The third-order valence-corrected chi connectivity index (χ3v) is 6.46. The summed E-state index contributed by atoms with van der Waals surface area (Å²) in [6.45, 7) is 5.97. The van der Waals surface area contributed by atoms with Crippen molar-refractivity contribution in [2.24, 2.45) is 11.8 Å². The van der Waals surface area contributed by atoms with Crippen molar-refractivity contribution in [3.63, 3.8) is 0 Å². The van der Waals surface area contributed by atoms with Gasteiger partial charge >= 0.3 is 0 Å². The highest BCUT2D eigenvalue weighted by Crippen LogP contribution is 2.37. The zero-order valence-corrected chi connectivity index (χ0v) is 16.2. The number of hydrogen-bond donors (Lipinski definition) is 1. The summed E-state index contributed by atoms with van der Waals surface area (Å²) in [7, 11) is 0. The second kappa shape index (κ2) is 7.62. The van der Waals surface area contributed by atoms with Gasteiger partial charge in [-0.2, -0.15) is 0 Å². The largest absolute Gasteiger partial charge is 0.368 e. The molecule has 3 heterocycles. The van der Waals surface area contributed by atoms with E-state index in [4.69, 9.17) is 9.26 Å². The maximum atomic E-state index is 12.6. The first-order valence-electron chi connectivity index (χ1n) is 10.1. The molecule has 4 rings (SSSR count). The second-order valence-electron chi connectivity index (χ2n) is 8.24. The topological polar surface area (TPSA) is 84.7 Å². The molecular formula is C20H29N3O4. The third kappa shape index (κ3) is 3.74. The number of amides is 2. The standard InChI is InChI=1S/C20H29N3O4/c1-12-16(13(2)27-22-12)7-8-18(24)21-19-14-5-6-15(19)11-23(10-14)20(25)17-4-3-9-26-17/h14-15,17,19H,3-11H2,1-2H3,(H,21,24). The fourth-order valence-electron chi connectivity index (χ4n) is 4.97. The molecule has 3 fully saturated rings. The highest BCUT2D eigenvalue weighted by Gasteiger charge is 2.45. The summed E-state index contributed by atoms with van der Waals surface area (Å²) in [5, 5.41) is 7.20. The number of likely N-dealkylation sites (tertiary alicyclic amines) is 1. The lowest BCUT2D eigenvalue weighted by Crippen LogP contribution is -2.55. The normalized spacial score (nSPS) is 29.9. The molecule has 27 heavy (non-hydrogen) atoms. The Labute approximate surface area is 159 Å². The molecule has 7 heteroatoms. The van der Waals surface area contributed by atoms with Crippen LogP contribution in [-0.4, -0.2) is 53.7 Å². The molecule has 1 N–H and O–H groups in total. The molecule has 1 aromatic rings. The van der Waals surface area contributed by atoms with Crippen molar-refractivity contribution in [3.8, 4) is 0 Å². The van der Waals surface area contributed by atoms with Gasteiger partial charge in [-0.25, -0.2) is 0 Å². The average Bonchev–Trinajstić information content (AvgIpc) is 3.33. The number of piperidine rings is 1. The maximum Gasteiger partial charge on any atom is 0.251 e. The fourth-order valence-corrected chi connectivity index (χ4v) is 4.97. The molecule has 1 aliphatic carbocycles. The Bertz CT molecular complexity index is 677. The third-order valence-electron chi connectivity index (χ3n) is 6.46. The smallest absolute Gasteiger partial charge is 0.251 e. The van der Waals surface area contributed by atoms with Gasteiger partial charge in [-0.15, -0.1) is 0 Å². The van der Waals surface area contributed by atoms with Crippen LogP contribution in [0.4, 0.5) is 0 Å². The first-order chi connectivity index (χ1) is 13.0. The minimum atomic E-state index is -0.245. The SMILES string of the molecule is Cc1noc(C)c1CCC(=O)NC1C2CCC1CN(C(=O)C1CCCO1)C2. The van der Waals surface area contributed by atoms with E-state index in [1.54, 1.807) is 0 Å². The molecule has 148 valence electrons. The molecule has 0 aromatic carbocycles. The molecule has 0 spiro atoms. The lowest BCUT2D eigenvalue weighted by Gasteiger charge is -2.39. The predicted octanol–water partition coefficient (Wildman–Crippen LogP) is 1.76. The van der Waals surface area contributed by atoms with Gasteiger partial charge in [0.25, 0.3) is 5.91 Å². The molecule has 0 radical (unpaired) electrons. The van der Waals surface area contributed by atoms with E-state index in [0.717, 1.165) is 55.8 Å². The summed E-state index contributed by atoms with van der Waals surface area (Å²) < 4.78 is 10.7. The molecule has 3 aliphatic rings.